The Balaban J connectivity index is 2.06. The molecule has 2 unspecified atom stereocenters. The molecule has 0 heterocycles. The van der Waals surface area contributed by atoms with Gasteiger partial charge in [-0.1, -0.05) is 19.1 Å². The molecule has 5 nitrogen and oxygen atoms in total. The molecule has 4 N–H and O–H groups in total. The molecule has 1 aromatic rings. The molecule has 0 radical (unpaired) electrons. The second-order valence-electron chi connectivity index (χ2n) is 5.56. The lowest BCUT2D eigenvalue weighted by atomic mass is 10.1. The van der Waals surface area contributed by atoms with Gasteiger partial charge in [0.2, 0.25) is 5.91 Å². The maximum absolute atomic E-state index is 12.3. The number of para-hydroxylation sites is 1. The van der Waals surface area contributed by atoms with Gasteiger partial charge in [0.15, 0.2) is 0 Å². The summed E-state index contributed by atoms with van der Waals surface area (Å²) in [5.74, 6) is -0.249. The van der Waals surface area contributed by atoms with Gasteiger partial charge >= 0.3 is 0 Å². The van der Waals surface area contributed by atoms with Gasteiger partial charge in [0.25, 0.3) is 5.91 Å². The Morgan fingerprint density at radius 2 is 2.05 bits per heavy atom. The number of anilines is 1. The summed E-state index contributed by atoms with van der Waals surface area (Å²) >= 11 is 0. The Morgan fingerprint density at radius 3 is 2.71 bits per heavy atom. The average molecular weight is 289 g/mol. The lowest BCUT2D eigenvalue weighted by Gasteiger charge is -2.14. The summed E-state index contributed by atoms with van der Waals surface area (Å²) in [6.45, 7) is 2.62. The average Bonchev–Trinajstić information content (AvgIpc) is 2.92. The molecule has 0 saturated heterocycles. The van der Waals surface area contributed by atoms with Gasteiger partial charge in [0.05, 0.1) is 11.3 Å². The molecule has 0 bridgehead atoms. The number of carbonyl (C=O) groups excluding carboxylic acids is 2. The minimum absolute atomic E-state index is 0.0429. The standard InChI is InChI=1S/C16H23N3O2/c1-2-9-18-16(21)13-5-3-4-6-14(13)19-15(20)11-7-8-12(17)10-11/h3-6,11-12H,2,7-10,17H2,1H3,(H,18,21)(H,19,20). The van der Waals surface area contributed by atoms with Crippen molar-refractivity contribution in [1.29, 1.82) is 0 Å². The van der Waals surface area contributed by atoms with E-state index in [2.05, 4.69) is 10.6 Å². The van der Waals surface area contributed by atoms with Crippen LogP contribution in [0.15, 0.2) is 24.3 Å². The Kier molecular flexibility index (Phi) is 5.33. The van der Waals surface area contributed by atoms with Crippen molar-refractivity contribution in [1.82, 2.24) is 5.32 Å². The van der Waals surface area contributed by atoms with Gasteiger partial charge in [0, 0.05) is 18.5 Å². The molecule has 2 amide bonds. The molecular weight excluding hydrogens is 266 g/mol. The van der Waals surface area contributed by atoms with Crippen LogP contribution in [-0.4, -0.2) is 24.4 Å². The summed E-state index contributed by atoms with van der Waals surface area (Å²) in [4.78, 5) is 24.3. The zero-order valence-electron chi connectivity index (χ0n) is 12.4. The highest BCUT2D eigenvalue weighted by atomic mass is 16.2. The zero-order valence-corrected chi connectivity index (χ0v) is 12.4. The first kappa shape index (κ1) is 15.5. The van der Waals surface area contributed by atoms with Gasteiger partial charge in [-0.05, 0) is 37.8 Å². The van der Waals surface area contributed by atoms with Crippen LogP contribution in [0.3, 0.4) is 0 Å². The third-order valence-electron chi connectivity index (χ3n) is 3.81. The summed E-state index contributed by atoms with van der Waals surface area (Å²) in [5.41, 5.74) is 6.91. The quantitative estimate of drug-likeness (QED) is 0.774. The predicted octanol–water partition coefficient (Wildman–Crippen LogP) is 1.89. The number of carbonyl (C=O) groups is 2. The molecular formula is C16H23N3O2. The van der Waals surface area contributed by atoms with Crippen LogP contribution in [0.2, 0.25) is 0 Å². The highest BCUT2D eigenvalue weighted by molar-refractivity contribution is 6.04. The van der Waals surface area contributed by atoms with Crippen LogP contribution in [0.5, 0.6) is 0 Å². The fourth-order valence-electron chi connectivity index (χ4n) is 2.61. The first-order valence-electron chi connectivity index (χ1n) is 7.55. The fraction of sp³-hybridized carbons (Fsp3) is 0.500. The van der Waals surface area contributed by atoms with E-state index in [1.54, 1.807) is 18.2 Å². The normalized spacial score (nSPS) is 21.0. The van der Waals surface area contributed by atoms with E-state index < -0.39 is 0 Å². The van der Waals surface area contributed by atoms with Crippen LogP contribution in [0.25, 0.3) is 0 Å². The third kappa shape index (κ3) is 4.04. The molecule has 1 saturated carbocycles. The largest absolute Gasteiger partial charge is 0.352 e. The number of hydrogen-bond acceptors (Lipinski definition) is 3. The van der Waals surface area contributed by atoms with Crippen LogP contribution in [0.4, 0.5) is 5.69 Å². The minimum atomic E-state index is -0.157. The monoisotopic (exact) mass is 289 g/mol. The number of rotatable bonds is 5. The highest BCUT2D eigenvalue weighted by Gasteiger charge is 2.28. The second-order valence-corrected chi connectivity index (χ2v) is 5.56. The third-order valence-corrected chi connectivity index (χ3v) is 3.81. The van der Waals surface area contributed by atoms with Crippen molar-refractivity contribution in [3.63, 3.8) is 0 Å². The molecule has 1 aliphatic carbocycles. The lowest BCUT2D eigenvalue weighted by molar-refractivity contribution is -0.119. The smallest absolute Gasteiger partial charge is 0.253 e. The van der Waals surface area contributed by atoms with Crippen molar-refractivity contribution in [2.45, 2.75) is 38.6 Å². The van der Waals surface area contributed by atoms with Gasteiger partial charge in [0.1, 0.15) is 0 Å². The van der Waals surface area contributed by atoms with Crippen molar-refractivity contribution < 1.29 is 9.59 Å². The van der Waals surface area contributed by atoms with E-state index in [1.807, 2.05) is 13.0 Å². The zero-order chi connectivity index (χ0) is 15.2. The topological polar surface area (TPSA) is 84.2 Å². The van der Waals surface area contributed by atoms with Crippen LogP contribution >= 0.6 is 0 Å². The molecule has 114 valence electrons. The van der Waals surface area contributed by atoms with Crippen molar-refractivity contribution in [3.8, 4) is 0 Å². The number of amides is 2. The van der Waals surface area contributed by atoms with Gasteiger partial charge in [-0.25, -0.2) is 0 Å². The summed E-state index contributed by atoms with van der Waals surface area (Å²) in [7, 11) is 0. The molecule has 2 rings (SSSR count). The van der Waals surface area contributed by atoms with E-state index >= 15 is 0 Å². The summed E-state index contributed by atoms with van der Waals surface area (Å²) < 4.78 is 0. The molecule has 5 heteroatoms. The minimum Gasteiger partial charge on any atom is -0.352 e. The molecule has 0 aromatic heterocycles. The van der Waals surface area contributed by atoms with Crippen LogP contribution in [0.1, 0.15) is 43.0 Å². The number of hydrogen-bond donors (Lipinski definition) is 3. The van der Waals surface area contributed by atoms with Gasteiger partial charge in [-0.2, -0.15) is 0 Å². The second kappa shape index (κ2) is 7.22. The molecule has 0 spiro atoms. The number of benzene rings is 1. The highest BCUT2D eigenvalue weighted by Crippen LogP contribution is 2.26. The summed E-state index contributed by atoms with van der Waals surface area (Å²) in [6, 6.07) is 7.20. The van der Waals surface area contributed by atoms with Gasteiger partial charge < -0.3 is 16.4 Å². The van der Waals surface area contributed by atoms with E-state index in [0.29, 0.717) is 17.8 Å². The fourth-order valence-corrected chi connectivity index (χ4v) is 2.61. The van der Waals surface area contributed by atoms with Crippen LogP contribution < -0.4 is 16.4 Å². The van der Waals surface area contributed by atoms with E-state index in [-0.39, 0.29) is 23.8 Å². The molecule has 1 aliphatic rings. The molecule has 2 atom stereocenters. The number of nitrogens with one attached hydrogen (secondary N) is 2. The Labute approximate surface area is 125 Å². The lowest BCUT2D eigenvalue weighted by Crippen LogP contribution is -2.27. The molecule has 1 aromatic carbocycles. The van der Waals surface area contributed by atoms with Crippen LogP contribution in [0, 0.1) is 5.92 Å². The van der Waals surface area contributed by atoms with Crippen molar-refractivity contribution in [2.24, 2.45) is 11.7 Å². The molecule has 21 heavy (non-hydrogen) atoms. The van der Waals surface area contributed by atoms with Gasteiger partial charge in [-0.3, -0.25) is 9.59 Å². The Bertz CT molecular complexity index is 516. The molecule has 0 aliphatic heterocycles. The van der Waals surface area contributed by atoms with E-state index in [9.17, 15) is 9.59 Å². The first-order valence-corrected chi connectivity index (χ1v) is 7.55. The van der Waals surface area contributed by atoms with Crippen molar-refractivity contribution >= 4 is 17.5 Å². The van der Waals surface area contributed by atoms with Crippen molar-refractivity contribution in [3.05, 3.63) is 29.8 Å². The number of nitrogens with two attached hydrogens (primary N) is 1. The first-order chi connectivity index (χ1) is 10.1. The van der Waals surface area contributed by atoms with Crippen LogP contribution in [-0.2, 0) is 4.79 Å². The Morgan fingerprint density at radius 1 is 1.29 bits per heavy atom. The maximum atomic E-state index is 12.3. The predicted molar refractivity (Wildman–Crippen MR) is 83.0 cm³/mol. The van der Waals surface area contributed by atoms with E-state index in [0.717, 1.165) is 25.7 Å². The summed E-state index contributed by atoms with van der Waals surface area (Å²) in [6.07, 6.45) is 3.30. The van der Waals surface area contributed by atoms with E-state index in [1.165, 1.54) is 0 Å². The maximum Gasteiger partial charge on any atom is 0.253 e. The molecule has 1 fully saturated rings. The van der Waals surface area contributed by atoms with Gasteiger partial charge in [-0.15, -0.1) is 0 Å². The summed E-state index contributed by atoms with van der Waals surface area (Å²) in [5, 5.41) is 5.70. The van der Waals surface area contributed by atoms with E-state index in [4.69, 9.17) is 5.73 Å². The SMILES string of the molecule is CCCNC(=O)c1ccccc1NC(=O)C1CCC(N)C1. The van der Waals surface area contributed by atoms with Crippen molar-refractivity contribution in [2.75, 3.05) is 11.9 Å². The Hall–Kier alpha value is -1.88.